The Labute approximate surface area is 309 Å². The highest BCUT2D eigenvalue weighted by Gasteiger charge is 2.39. The van der Waals surface area contributed by atoms with Gasteiger partial charge in [-0.3, -0.25) is 14.5 Å². The number of fused-ring (bicyclic) bond motifs is 3. The van der Waals surface area contributed by atoms with Gasteiger partial charge in [0.05, 0.1) is 47.7 Å². The molecule has 6 rings (SSSR count). The number of carbonyl (C=O) groups excluding carboxylic acids is 2. The van der Waals surface area contributed by atoms with Gasteiger partial charge in [-0.15, -0.1) is 56.7 Å². The molecule has 12 heteroatoms. The van der Waals surface area contributed by atoms with Crippen molar-refractivity contribution in [2.75, 3.05) is 6.54 Å². The van der Waals surface area contributed by atoms with Crippen LogP contribution in [0.3, 0.4) is 0 Å². The van der Waals surface area contributed by atoms with E-state index in [4.69, 9.17) is 0 Å². The molecule has 7 nitrogen and oxygen atoms in total. The summed E-state index contributed by atoms with van der Waals surface area (Å²) in [7, 11) is 0. The Bertz CT molecular complexity index is 2460. The summed E-state index contributed by atoms with van der Waals surface area (Å²) < 4.78 is 5.87. The Hall–Kier alpha value is -4.14. The molecule has 0 fully saturated rings. The van der Waals surface area contributed by atoms with E-state index in [9.17, 15) is 30.6 Å². The van der Waals surface area contributed by atoms with Gasteiger partial charge in [0.1, 0.15) is 35.4 Å². The summed E-state index contributed by atoms with van der Waals surface area (Å²) in [5, 5.41) is 41.3. The lowest BCUT2D eigenvalue weighted by molar-refractivity contribution is 0.0662. The van der Waals surface area contributed by atoms with Crippen LogP contribution in [-0.4, -0.2) is 23.3 Å². The third-order valence-corrected chi connectivity index (χ3v) is 15.5. The molecule has 5 aromatic rings. The van der Waals surface area contributed by atoms with Crippen molar-refractivity contribution in [2.45, 2.75) is 85.0 Å². The Morgan fingerprint density at radius 2 is 1.00 bits per heavy atom. The summed E-state index contributed by atoms with van der Waals surface area (Å²) in [6.07, 6.45) is 10.7. The normalized spacial score (nSPS) is 13.8. The van der Waals surface area contributed by atoms with Gasteiger partial charge in [-0.25, -0.2) is 0 Å². The third-order valence-electron chi connectivity index (χ3n) is 8.89. The van der Waals surface area contributed by atoms with E-state index in [0.29, 0.717) is 29.3 Å². The van der Waals surface area contributed by atoms with Crippen LogP contribution in [-0.2, 0) is 12.8 Å². The summed E-state index contributed by atoms with van der Waals surface area (Å²) in [5.41, 5.74) is 0.755. The molecule has 0 saturated carbocycles. The number of rotatable bonds is 11. The van der Waals surface area contributed by atoms with Crippen molar-refractivity contribution >= 4 is 99.8 Å². The molecule has 0 saturated heterocycles. The van der Waals surface area contributed by atoms with E-state index >= 15 is 0 Å². The van der Waals surface area contributed by atoms with Crippen LogP contribution in [0.25, 0.3) is 31.3 Å². The largest absolute Gasteiger partial charge is 0.275 e. The molecule has 0 bridgehead atoms. The number of carbonyl (C=O) groups is 2. The van der Waals surface area contributed by atoms with E-state index in [0.717, 1.165) is 103 Å². The predicted molar refractivity (Wildman–Crippen MR) is 204 cm³/mol. The molecule has 0 atom stereocenters. The lowest BCUT2D eigenvalue weighted by atomic mass is 10.1. The minimum Gasteiger partial charge on any atom is -0.275 e. The van der Waals surface area contributed by atoms with E-state index in [2.05, 4.69) is 50.3 Å². The van der Waals surface area contributed by atoms with Crippen molar-refractivity contribution in [3.05, 3.63) is 60.2 Å². The van der Waals surface area contributed by atoms with Crippen LogP contribution in [0.1, 0.15) is 103 Å². The third kappa shape index (κ3) is 6.21. The summed E-state index contributed by atoms with van der Waals surface area (Å²) in [4.78, 5) is 31.7. The van der Waals surface area contributed by atoms with Crippen LogP contribution in [0.15, 0.2) is 12.1 Å². The van der Waals surface area contributed by atoms with Crippen LogP contribution in [0.4, 0.5) is 0 Å². The second-order valence-corrected chi connectivity index (χ2v) is 17.5. The lowest BCUT2D eigenvalue weighted by Gasteiger charge is -2.09. The van der Waals surface area contributed by atoms with Gasteiger partial charge < -0.3 is 0 Å². The molecule has 0 radical (unpaired) electrons. The second kappa shape index (κ2) is 15.4. The first-order valence-electron chi connectivity index (χ1n) is 16.8. The predicted octanol–water partition coefficient (Wildman–Crippen LogP) is 9.13. The van der Waals surface area contributed by atoms with Crippen LogP contribution in [0.2, 0.25) is 0 Å². The molecular formula is C38H33N5O2S5. The smallest absolute Gasteiger partial charge is 0.263 e. The standard InChI is InChI=1S/C38H33N5O2S5/c1-4-7-9-11-13-23-15-25-29(21(17-39)18-40)48-35(31(25)46-23)33-27-28(38(45)43(6-3)37(27)44)34(50-33)36-32-26(30(49-36)22(19-41)20-42)16-24(47-32)14-12-10-8-5-2/h15-16H,4-14H2,1-3H3/b35-33-,36-34+. The number of aryl methyl sites for hydroxylation is 2. The van der Waals surface area contributed by atoms with Crippen LogP contribution < -0.4 is 9.06 Å². The molecule has 0 spiro atoms. The number of nitriles is 4. The first-order chi connectivity index (χ1) is 24.3. The molecular weight excluding hydrogens is 719 g/mol. The molecule has 6 heterocycles. The van der Waals surface area contributed by atoms with Gasteiger partial charge in [0.15, 0.2) is 0 Å². The van der Waals surface area contributed by atoms with Gasteiger partial charge in [0, 0.05) is 27.1 Å². The highest BCUT2D eigenvalue weighted by Crippen LogP contribution is 2.38. The number of amides is 2. The maximum Gasteiger partial charge on any atom is 0.263 e. The summed E-state index contributed by atoms with van der Waals surface area (Å²) in [6.45, 7) is 6.36. The molecule has 252 valence electrons. The number of hydrogen-bond donors (Lipinski definition) is 0. The number of imide groups is 1. The monoisotopic (exact) mass is 751 g/mol. The summed E-state index contributed by atoms with van der Waals surface area (Å²) >= 11 is 7.30. The molecule has 0 aliphatic carbocycles. The number of thiophene rings is 5. The van der Waals surface area contributed by atoms with Crippen molar-refractivity contribution in [1.82, 2.24) is 4.90 Å². The van der Waals surface area contributed by atoms with Gasteiger partial charge in [-0.2, -0.15) is 21.0 Å². The SMILES string of the molecule is CCCCCCc1cc2c(=C(C#N)C#N)s/c(=c3\s/c(=c4/sc(=C(C#N)C#N)c5cc(CCCCCC)sc45)c4c3C(=O)N(CC)C4=O)c2s1. The number of hydrogen-bond acceptors (Lipinski definition) is 11. The average molecular weight is 752 g/mol. The number of nitrogens with zero attached hydrogens (tertiary/aromatic N) is 5. The van der Waals surface area contributed by atoms with Crippen molar-refractivity contribution in [3.63, 3.8) is 0 Å². The molecule has 1 aliphatic heterocycles. The van der Waals surface area contributed by atoms with Crippen molar-refractivity contribution in [2.24, 2.45) is 0 Å². The highest BCUT2D eigenvalue weighted by molar-refractivity contribution is 7.24. The molecule has 5 aromatic heterocycles. The fraction of sp³-hybridized carbons (Fsp3) is 0.368. The van der Waals surface area contributed by atoms with Crippen LogP contribution in [0, 0.1) is 63.5 Å². The minimum absolute atomic E-state index is 0.0262. The average Bonchev–Trinajstić information content (AvgIpc) is 3.95. The maximum absolute atomic E-state index is 14.0. The van der Waals surface area contributed by atoms with E-state index in [-0.39, 0.29) is 29.5 Å². The molecule has 0 aromatic carbocycles. The first-order valence-corrected chi connectivity index (χ1v) is 20.9. The van der Waals surface area contributed by atoms with Crippen molar-refractivity contribution in [1.29, 1.82) is 21.0 Å². The maximum atomic E-state index is 14.0. The van der Waals surface area contributed by atoms with Gasteiger partial charge in [-0.05, 0) is 44.7 Å². The Kier molecular flexibility index (Phi) is 11.0. The second-order valence-electron chi connectivity index (χ2n) is 12.1. The zero-order valence-corrected chi connectivity index (χ0v) is 32.1. The molecule has 1 aliphatic rings. The molecule has 2 amide bonds. The van der Waals surface area contributed by atoms with Gasteiger partial charge >= 0.3 is 0 Å². The zero-order valence-electron chi connectivity index (χ0n) is 28.0. The van der Waals surface area contributed by atoms with Crippen molar-refractivity contribution in [3.8, 4) is 24.3 Å². The number of unbranched alkanes of at least 4 members (excludes halogenated alkanes) is 6. The quantitative estimate of drug-likeness (QED) is 0.0977. The zero-order chi connectivity index (χ0) is 35.5. The Morgan fingerprint density at radius 1 is 0.580 bits per heavy atom. The first kappa shape index (κ1) is 35.7. The van der Waals surface area contributed by atoms with Crippen LogP contribution in [0.5, 0.6) is 0 Å². The van der Waals surface area contributed by atoms with Gasteiger partial charge in [-0.1, -0.05) is 52.4 Å². The minimum atomic E-state index is -0.355. The van der Waals surface area contributed by atoms with E-state index in [1.807, 2.05) is 0 Å². The Morgan fingerprint density at radius 3 is 1.36 bits per heavy atom. The molecule has 0 N–H and O–H groups in total. The van der Waals surface area contributed by atoms with Gasteiger partial charge in [0.25, 0.3) is 11.8 Å². The van der Waals surface area contributed by atoms with E-state index < -0.39 is 0 Å². The summed E-state index contributed by atoms with van der Waals surface area (Å²) in [5.74, 6) is -0.710. The molecule has 0 unspecified atom stereocenters. The Balaban J connectivity index is 1.78. The van der Waals surface area contributed by atoms with E-state index in [1.54, 1.807) is 29.6 Å². The van der Waals surface area contributed by atoms with Crippen LogP contribution >= 0.6 is 56.7 Å². The fourth-order valence-corrected chi connectivity index (χ4v) is 13.3. The fourth-order valence-electron chi connectivity index (χ4n) is 6.40. The van der Waals surface area contributed by atoms with E-state index in [1.165, 1.54) is 38.9 Å². The van der Waals surface area contributed by atoms with Crippen molar-refractivity contribution < 1.29 is 9.59 Å². The lowest BCUT2D eigenvalue weighted by Crippen LogP contribution is -2.29. The summed E-state index contributed by atoms with van der Waals surface area (Å²) in [6, 6.07) is 12.4. The highest BCUT2D eigenvalue weighted by atomic mass is 32.1. The molecule has 50 heavy (non-hydrogen) atoms. The topological polar surface area (TPSA) is 133 Å². The van der Waals surface area contributed by atoms with Gasteiger partial charge in [0.2, 0.25) is 0 Å².